The maximum atomic E-state index is 5.92. The van der Waals surface area contributed by atoms with E-state index in [1.165, 1.54) is 5.57 Å². The Morgan fingerprint density at radius 1 is 1.13 bits per heavy atom. The average molecular weight is 230 g/mol. The third-order valence-corrected chi connectivity index (χ3v) is 3.21. The van der Waals surface area contributed by atoms with Crippen LogP contribution in [0.3, 0.4) is 0 Å². The summed E-state index contributed by atoms with van der Waals surface area (Å²) in [7, 11) is 0.667. The van der Waals surface area contributed by atoms with Gasteiger partial charge < -0.3 is 9.16 Å². The second kappa shape index (κ2) is 5.06. The largest absolute Gasteiger partial charge is 0.529 e. The summed E-state index contributed by atoms with van der Waals surface area (Å²) >= 11 is 0. The van der Waals surface area contributed by atoms with Crippen LogP contribution in [0.15, 0.2) is 11.5 Å². The van der Waals surface area contributed by atoms with Crippen LogP contribution >= 0.6 is 0 Å². The number of hydrogen-bond donors (Lipinski definition) is 0. The Labute approximate surface area is 97.6 Å². The van der Waals surface area contributed by atoms with E-state index in [0.717, 1.165) is 12.4 Å². The third kappa shape index (κ3) is 4.73. The Morgan fingerprint density at radius 2 is 1.60 bits per heavy atom. The average Bonchev–Trinajstić information content (AvgIpc) is 2.11. The van der Waals surface area contributed by atoms with Crippen molar-refractivity contribution in [3.8, 4) is 0 Å². The molecule has 0 heterocycles. The van der Waals surface area contributed by atoms with Gasteiger partial charge in [0.15, 0.2) is 0 Å². The molecule has 15 heavy (non-hydrogen) atoms. The summed E-state index contributed by atoms with van der Waals surface area (Å²) in [5.41, 5.74) is 1.13. The minimum Gasteiger partial charge on any atom is -0.529 e. The van der Waals surface area contributed by atoms with Crippen LogP contribution in [0.25, 0.3) is 0 Å². The van der Waals surface area contributed by atoms with E-state index in [9.17, 15) is 0 Å². The molecule has 0 radical (unpaired) electrons. The second-order valence-corrected chi connectivity index (χ2v) is 5.99. The molecule has 0 saturated heterocycles. The molecule has 0 aromatic rings. The molecule has 0 aliphatic rings. The summed E-state index contributed by atoms with van der Waals surface area (Å²) in [6.07, 6.45) is 0.971. The molecule has 0 bridgehead atoms. The van der Waals surface area contributed by atoms with E-state index in [1.807, 2.05) is 0 Å². The predicted molar refractivity (Wildman–Crippen MR) is 68.6 cm³/mol. The first kappa shape index (κ1) is 14.6. The fraction of sp³-hybridized carbons (Fsp3) is 0.833. The standard InChI is InChI=1S/C12H26O2Si/c1-8-12(6,7)13-10(14-15)9(2)11(3,4)5/h8H2,1-7,15H3. The summed E-state index contributed by atoms with van der Waals surface area (Å²) in [6, 6.07) is 0. The van der Waals surface area contributed by atoms with Crippen molar-refractivity contribution >= 4 is 10.5 Å². The number of ether oxygens (including phenoxy) is 1. The molecule has 0 aliphatic carbocycles. The van der Waals surface area contributed by atoms with Gasteiger partial charge in [0.1, 0.15) is 5.60 Å². The molecule has 2 nitrogen and oxygen atoms in total. The molecule has 0 aliphatic heterocycles. The lowest BCUT2D eigenvalue weighted by molar-refractivity contribution is -0.0241. The Morgan fingerprint density at radius 3 is 1.87 bits per heavy atom. The van der Waals surface area contributed by atoms with Crippen molar-refractivity contribution in [2.45, 2.75) is 60.5 Å². The first-order chi connectivity index (χ1) is 6.64. The van der Waals surface area contributed by atoms with E-state index in [-0.39, 0.29) is 11.0 Å². The van der Waals surface area contributed by atoms with Crippen LogP contribution < -0.4 is 0 Å². The van der Waals surface area contributed by atoms with Crippen LogP contribution in [0.5, 0.6) is 0 Å². The number of rotatable bonds is 4. The Bertz CT molecular complexity index is 236. The molecule has 0 spiro atoms. The van der Waals surface area contributed by atoms with E-state index in [0.29, 0.717) is 10.5 Å². The van der Waals surface area contributed by atoms with Gasteiger partial charge in [-0.3, -0.25) is 0 Å². The molecule has 0 amide bonds. The summed E-state index contributed by atoms with van der Waals surface area (Å²) < 4.78 is 11.4. The molecule has 3 heteroatoms. The van der Waals surface area contributed by atoms with Crippen LogP contribution in [0.2, 0.25) is 0 Å². The molecular weight excluding hydrogens is 204 g/mol. The van der Waals surface area contributed by atoms with Crippen molar-refractivity contribution in [2.75, 3.05) is 0 Å². The topological polar surface area (TPSA) is 18.5 Å². The normalized spacial score (nSPS) is 14.9. The molecule has 0 rings (SSSR count). The molecule has 0 saturated carbocycles. The maximum absolute atomic E-state index is 5.92. The van der Waals surface area contributed by atoms with Crippen molar-refractivity contribution in [3.05, 3.63) is 11.5 Å². The van der Waals surface area contributed by atoms with Crippen molar-refractivity contribution < 1.29 is 9.16 Å². The molecular formula is C12H26O2Si. The van der Waals surface area contributed by atoms with Crippen LogP contribution in [0, 0.1) is 5.41 Å². The highest BCUT2D eigenvalue weighted by Gasteiger charge is 2.24. The van der Waals surface area contributed by atoms with Crippen molar-refractivity contribution in [1.29, 1.82) is 0 Å². The van der Waals surface area contributed by atoms with Gasteiger partial charge >= 0.3 is 0 Å². The quantitative estimate of drug-likeness (QED) is 0.546. The highest BCUT2D eigenvalue weighted by Crippen LogP contribution is 2.30. The Hall–Kier alpha value is -0.443. The minimum atomic E-state index is -0.147. The van der Waals surface area contributed by atoms with Crippen LogP contribution in [-0.4, -0.2) is 16.1 Å². The highest BCUT2D eigenvalue weighted by molar-refractivity contribution is 5.98. The van der Waals surface area contributed by atoms with Crippen LogP contribution in [-0.2, 0) is 9.16 Å². The van der Waals surface area contributed by atoms with E-state index in [2.05, 4.69) is 48.5 Å². The van der Waals surface area contributed by atoms with E-state index >= 15 is 0 Å². The SMILES string of the molecule is CCC(C)(C)OC(O[SiH3])=C(C)C(C)(C)C. The second-order valence-electron chi connectivity index (χ2n) is 5.58. The zero-order valence-electron chi connectivity index (χ0n) is 11.5. The zero-order valence-corrected chi connectivity index (χ0v) is 13.5. The molecule has 0 fully saturated rings. The lowest BCUT2D eigenvalue weighted by Gasteiger charge is -2.30. The van der Waals surface area contributed by atoms with Gasteiger partial charge in [0.05, 0.1) is 0 Å². The number of hydrogen-bond acceptors (Lipinski definition) is 2. The first-order valence-corrected chi connectivity index (χ1v) is 6.40. The van der Waals surface area contributed by atoms with E-state index in [1.54, 1.807) is 0 Å². The molecule has 90 valence electrons. The third-order valence-electron chi connectivity index (χ3n) is 2.84. The fourth-order valence-electron chi connectivity index (χ4n) is 0.901. The zero-order chi connectivity index (χ0) is 12.3. The monoisotopic (exact) mass is 230 g/mol. The molecule has 0 atom stereocenters. The van der Waals surface area contributed by atoms with Gasteiger partial charge in [0.2, 0.25) is 10.5 Å². The predicted octanol–water partition coefficient (Wildman–Crippen LogP) is 2.77. The van der Waals surface area contributed by atoms with E-state index < -0.39 is 0 Å². The summed E-state index contributed by atoms with van der Waals surface area (Å²) in [6.45, 7) is 14.9. The lowest BCUT2D eigenvalue weighted by atomic mass is 9.88. The summed E-state index contributed by atoms with van der Waals surface area (Å²) in [5.74, 6) is 0.723. The van der Waals surface area contributed by atoms with Gasteiger partial charge in [-0.15, -0.1) is 0 Å². The molecule has 0 unspecified atom stereocenters. The molecule has 0 N–H and O–H groups in total. The van der Waals surface area contributed by atoms with Crippen molar-refractivity contribution in [1.82, 2.24) is 0 Å². The van der Waals surface area contributed by atoms with Gasteiger partial charge in [-0.25, -0.2) is 0 Å². The molecule has 0 aromatic heterocycles. The van der Waals surface area contributed by atoms with Crippen molar-refractivity contribution in [3.63, 3.8) is 0 Å². The fourth-order valence-corrected chi connectivity index (χ4v) is 1.29. The van der Waals surface area contributed by atoms with Crippen LogP contribution in [0.1, 0.15) is 54.9 Å². The smallest absolute Gasteiger partial charge is 0.264 e. The summed E-state index contributed by atoms with van der Waals surface area (Å²) in [4.78, 5) is 0. The first-order valence-electron chi connectivity index (χ1n) is 5.58. The number of allylic oxidation sites excluding steroid dienone is 1. The van der Waals surface area contributed by atoms with Crippen molar-refractivity contribution in [2.24, 2.45) is 5.41 Å². The van der Waals surface area contributed by atoms with Crippen LogP contribution in [0.4, 0.5) is 0 Å². The Balaban J connectivity index is 4.93. The highest BCUT2D eigenvalue weighted by atomic mass is 28.2. The molecule has 0 aromatic carbocycles. The maximum Gasteiger partial charge on any atom is 0.264 e. The van der Waals surface area contributed by atoms with Gasteiger partial charge in [-0.2, -0.15) is 0 Å². The van der Waals surface area contributed by atoms with Gasteiger partial charge in [-0.05, 0) is 32.6 Å². The van der Waals surface area contributed by atoms with Gasteiger partial charge in [0, 0.05) is 5.57 Å². The van der Waals surface area contributed by atoms with Gasteiger partial charge in [-0.1, -0.05) is 27.7 Å². The minimum absolute atomic E-state index is 0.101. The lowest BCUT2D eigenvalue weighted by Crippen LogP contribution is -2.25. The summed E-state index contributed by atoms with van der Waals surface area (Å²) in [5, 5.41) is 0. The Kier molecular flexibility index (Phi) is 4.91. The van der Waals surface area contributed by atoms with E-state index in [4.69, 9.17) is 9.16 Å². The van der Waals surface area contributed by atoms with Gasteiger partial charge in [0.25, 0.3) is 5.95 Å².